The van der Waals surface area contributed by atoms with Crippen LogP contribution in [0.3, 0.4) is 0 Å². The number of hydrogen-bond acceptors (Lipinski definition) is 6. The average molecular weight is 483 g/mol. The van der Waals surface area contributed by atoms with Crippen LogP contribution >= 0.6 is 0 Å². The zero-order valence-corrected chi connectivity index (χ0v) is 20.6. The number of carboxylic acids is 1. The number of piperidine rings is 1. The normalized spacial score (nSPS) is 30.2. The summed E-state index contributed by atoms with van der Waals surface area (Å²) >= 11 is 0. The largest absolute Gasteiger partial charge is 0.497 e. The number of benzene rings is 1. The zero-order valence-electron chi connectivity index (χ0n) is 20.6. The van der Waals surface area contributed by atoms with Gasteiger partial charge in [-0.3, -0.25) is 14.7 Å². The molecule has 2 N–H and O–H groups in total. The number of carbonyl (C=O) groups is 1. The van der Waals surface area contributed by atoms with E-state index in [1.807, 2.05) is 24.3 Å². The molecule has 4 atom stereocenters. The third-order valence-corrected chi connectivity index (χ3v) is 8.67. The number of ether oxygens (including phenoxy) is 2. The Morgan fingerprint density at radius 1 is 1.26 bits per heavy atom. The van der Waals surface area contributed by atoms with Crippen LogP contribution in [0.1, 0.15) is 56.6 Å². The van der Waals surface area contributed by atoms with Gasteiger partial charge in [0.1, 0.15) is 5.75 Å². The van der Waals surface area contributed by atoms with E-state index in [9.17, 15) is 15.0 Å². The van der Waals surface area contributed by atoms with Gasteiger partial charge >= 0.3 is 5.97 Å². The Kier molecular flexibility index (Phi) is 7.56. The Hall–Kier alpha value is -2.22. The van der Waals surface area contributed by atoms with Crippen molar-refractivity contribution in [1.82, 2.24) is 9.88 Å². The molecule has 2 aliphatic heterocycles. The molecule has 3 fully saturated rings. The van der Waals surface area contributed by atoms with Crippen LogP contribution in [0.15, 0.2) is 30.5 Å². The summed E-state index contributed by atoms with van der Waals surface area (Å²) in [7, 11) is 1.63. The van der Waals surface area contributed by atoms with Crippen molar-refractivity contribution in [2.45, 2.75) is 57.1 Å². The summed E-state index contributed by atoms with van der Waals surface area (Å²) in [5.41, 5.74) is 1.64. The Morgan fingerprint density at radius 3 is 2.86 bits per heavy atom. The summed E-state index contributed by atoms with van der Waals surface area (Å²) < 4.78 is 10.9. The topological polar surface area (TPSA) is 92.1 Å². The molecule has 3 aliphatic rings. The van der Waals surface area contributed by atoms with Crippen molar-refractivity contribution >= 4 is 16.9 Å². The van der Waals surface area contributed by atoms with Crippen LogP contribution in [-0.4, -0.2) is 65.5 Å². The number of likely N-dealkylation sites (tertiary alicyclic amines) is 1. The predicted molar refractivity (Wildman–Crippen MR) is 133 cm³/mol. The van der Waals surface area contributed by atoms with E-state index in [0.717, 1.165) is 60.2 Å². The van der Waals surface area contributed by atoms with Gasteiger partial charge in [0, 0.05) is 37.4 Å². The smallest absolute Gasteiger partial charge is 0.308 e. The molecule has 2 saturated heterocycles. The van der Waals surface area contributed by atoms with Crippen LogP contribution in [0.2, 0.25) is 0 Å². The number of nitrogens with zero attached hydrogens (tertiary/aromatic N) is 2. The van der Waals surface area contributed by atoms with Gasteiger partial charge in [0.15, 0.2) is 0 Å². The van der Waals surface area contributed by atoms with Crippen LogP contribution in [0.4, 0.5) is 0 Å². The summed E-state index contributed by atoms with van der Waals surface area (Å²) in [6.45, 7) is 3.43. The highest BCUT2D eigenvalue weighted by atomic mass is 16.5. The Bertz CT molecular complexity index is 1020. The van der Waals surface area contributed by atoms with Crippen molar-refractivity contribution in [3.8, 4) is 5.75 Å². The van der Waals surface area contributed by atoms with E-state index in [-0.39, 0.29) is 11.8 Å². The highest BCUT2D eigenvalue weighted by Crippen LogP contribution is 2.41. The average Bonchev–Trinajstić information content (AvgIpc) is 3.37. The van der Waals surface area contributed by atoms with Crippen LogP contribution in [-0.2, 0) is 9.53 Å². The van der Waals surface area contributed by atoms with E-state index >= 15 is 0 Å². The lowest BCUT2D eigenvalue weighted by Gasteiger charge is -2.48. The molecule has 0 spiro atoms. The number of rotatable bonds is 9. The summed E-state index contributed by atoms with van der Waals surface area (Å²) in [5.74, 6) is 1.25. The maximum Gasteiger partial charge on any atom is 0.308 e. The zero-order chi connectivity index (χ0) is 24.4. The minimum atomic E-state index is -0.702. The number of hydrogen-bond donors (Lipinski definition) is 2. The number of aliphatic hydroxyl groups excluding tert-OH is 1. The maximum absolute atomic E-state index is 12.2. The fourth-order valence-corrected chi connectivity index (χ4v) is 6.51. The van der Waals surface area contributed by atoms with Gasteiger partial charge in [-0.25, -0.2) is 0 Å². The van der Waals surface area contributed by atoms with Crippen LogP contribution in [0.25, 0.3) is 10.9 Å². The number of methoxy groups -OCH3 is 1. The van der Waals surface area contributed by atoms with Crippen LogP contribution in [0, 0.1) is 23.7 Å². The van der Waals surface area contributed by atoms with Gasteiger partial charge in [0.25, 0.3) is 0 Å². The number of aliphatic carboxylic acids is 1. The molecule has 2 aromatic rings. The van der Waals surface area contributed by atoms with Gasteiger partial charge < -0.3 is 19.7 Å². The second-order valence-corrected chi connectivity index (χ2v) is 10.8. The van der Waals surface area contributed by atoms with Crippen LogP contribution in [0.5, 0.6) is 5.75 Å². The van der Waals surface area contributed by atoms with Crippen molar-refractivity contribution in [3.05, 3.63) is 36.0 Å². The number of carboxylic acid groups (broad SMARTS) is 1. The van der Waals surface area contributed by atoms with E-state index < -0.39 is 12.1 Å². The first-order valence-electron chi connectivity index (χ1n) is 13.2. The minimum Gasteiger partial charge on any atom is -0.497 e. The Balaban J connectivity index is 1.16. The van der Waals surface area contributed by atoms with Gasteiger partial charge in [0.05, 0.1) is 24.6 Å². The Morgan fingerprint density at radius 2 is 2.11 bits per heavy atom. The van der Waals surface area contributed by atoms with Gasteiger partial charge in [-0.15, -0.1) is 0 Å². The molecule has 5 rings (SSSR count). The predicted octanol–water partition coefficient (Wildman–Crippen LogP) is 4.28. The second-order valence-electron chi connectivity index (χ2n) is 10.8. The Labute approximate surface area is 207 Å². The summed E-state index contributed by atoms with van der Waals surface area (Å²) in [6, 6.07) is 8.06. The second kappa shape index (κ2) is 10.8. The molecule has 3 heterocycles. The number of aromatic nitrogens is 1. The maximum atomic E-state index is 12.2. The SMILES string of the molecule is COc1ccc2nccc(C(O)CC[C@@H]3CCN(C4CC(CC5CCOC5)C4)C[C@@H]3C(=O)O)c2c1. The molecule has 1 aromatic heterocycles. The molecule has 2 unspecified atom stereocenters. The quantitative estimate of drug-likeness (QED) is 0.551. The lowest BCUT2D eigenvalue weighted by molar-refractivity contribution is -0.147. The molecular formula is C28H38N2O5. The van der Waals surface area contributed by atoms with Gasteiger partial charge in [0.2, 0.25) is 0 Å². The molecule has 0 bridgehead atoms. The van der Waals surface area contributed by atoms with Gasteiger partial charge in [-0.1, -0.05) is 0 Å². The molecule has 1 aliphatic carbocycles. The van der Waals surface area contributed by atoms with E-state index in [2.05, 4.69) is 9.88 Å². The number of aliphatic hydroxyl groups is 1. The monoisotopic (exact) mass is 482 g/mol. The van der Waals surface area contributed by atoms with Crippen molar-refractivity contribution in [3.63, 3.8) is 0 Å². The van der Waals surface area contributed by atoms with Gasteiger partial charge in [-0.05, 0) is 99.1 Å². The molecule has 190 valence electrons. The third-order valence-electron chi connectivity index (χ3n) is 8.67. The first kappa shape index (κ1) is 24.5. The summed E-state index contributed by atoms with van der Waals surface area (Å²) in [5, 5.41) is 21.9. The van der Waals surface area contributed by atoms with E-state index in [1.165, 1.54) is 25.7 Å². The first-order chi connectivity index (χ1) is 17.0. The molecule has 1 aromatic carbocycles. The van der Waals surface area contributed by atoms with Crippen molar-refractivity contribution in [2.75, 3.05) is 33.4 Å². The lowest BCUT2D eigenvalue weighted by atomic mass is 9.72. The molecule has 7 nitrogen and oxygen atoms in total. The highest BCUT2D eigenvalue weighted by Gasteiger charge is 2.41. The number of fused-ring (bicyclic) bond motifs is 1. The van der Waals surface area contributed by atoms with Crippen molar-refractivity contribution < 1.29 is 24.5 Å². The summed E-state index contributed by atoms with van der Waals surface area (Å²) in [4.78, 5) is 19.0. The van der Waals surface area contributed by atoms with E-state index in [1.54, 1.807) is 13.3 Å². The molecule has 0 amide bonds. The van der Waals surface area contributed by atoms with Crippen molar-refractivity contribution in [2.24, 2.45) is 23.7 Å². The summed E-state index contributed by atoms with van der Waals surface area (Å²) in [6.07, 6.45) is 8.05. The van der Waals surface area contributed by atoms with E-state index in [0.29, 0.717) is 25.4 Å². The molecule has 0 radical (unpaired) electrons. The lowest BCUT2D eigenvalue weighted by Crippen LogP contribution is -2.52. The molecule has 7 heteroatoms. The third kappa shape index (κ3) is 5.47. The van der Waals surface area contributed by atoms with Crippen molar-refractivity contribution in [1.29, 1.82) is 0 Å². The van der Waals surface area contributed by atoms with Gasteiger partial charge in [-0.2, -0.15) is 0 Å². The molecule has 35 heavy (non-hydrogen) atoms. The molecule has 1 saturated carbocycles. The fourth-order valence-electron chi connectivity index (χ4n) is 6.51. The minimum absolute atomic E-state index is 0.0903. The first-order valence-corrected chi connectivity index (χ1v) is 13.2. The highest BCUT2D eigenvalue weighted by molar-refractivity contribution is 5.83. The molecular weight excluding hydrogens is 444 g/mol. The number of pyridine rings is 1. The van der Waals surface area contributed by atoms with E-state index in [4.69, 9.17) is 9.47 Å². The standard InChI is InChI=1S/C28H38N2O5/c1-34-22-3-4-26-24(15-22)23(6-9-29-26)27(31)5-2-20-7-10-30(16-25(20)28(32)33)21-13-19(14-21)12-18-8-11-35-17-18/h3-4,6,9,15,18-21,25,27,31H,2,5,7-8,10-14,16-17H2,1H3,(H,32,33)/t18?,19?,20-,21?,25+,27?/m1/s1. The fraction of sp³-hybridized carbons (Fsp3) is 0.643. The van der Waals surface area contributed by atoms with Crippen LogP contribution < -0.4 is 4.74 Å².